The highest BCUT2D eigenvalue weighted by atomic mass is 32.1. The number of hydrogen-bond donors (Lipinski definition) is 0. The van der Waals surface area contributed by atoms with Gasteiger partial charge in [0, 0.05) is 67.5 Å². The number of rotatable bonds is 6. The second-order valence-corrected chi connectivity index (χ2v) is 13.7. The van der Waals surface area contributed by atoms with E-state index in [0.717, 1.165) is 83.5 Å². The minimum absolute atomic E-state index is 0.918. The van der Waals surface area contributed by atoms with Crippen LogP contribution >= 0.6 is 11.3 Å². The molecule has 0 saturated carbocycles. The molecule has 5 aromatic heterocycles. The average molecular weight is 684 g/mol. The molecule has 10 rings (SSSR count). The third-order valence-electron chi connectivity index (χ3n) is 9.63. The van der Waals surface area contributed by atoms with Gasteiger partial charge < -0.3 is 0 Å². The van der Waals surface area contributed by atoms with Crippen molar-refractivity contribution in [3.8, 4) is 61.0 Å². The summed E-state index contributed by atoms with van der Waals surface area (Å²) in [5.41, 5.74) is 12.9. The lowest BCUT2D eigenvalue weighted by molar-refractivity contribution is 1.10. The summed E-state index contributed by atoms with van der Waals surface area (Å²) in [5.74, 6) is 0.918. The van der Waals surface area contributed by atoms with Crippen LogP contribution in [0.2, 0.25) is 0 Å². The molecule has 0 aliphatic rings. The Morgan fingerprint density at radius 1 is 0.462 bits per heavy atom. The highest BCUT2D eigenvalue weighted by molar-refractivity contribution is 7.24. The molecule has 244 valence electrons. The van der Waals surface area contributed by atoms with Gasteiger partial charge in [-0.3, -0.25) is 14.5 Å². The fourth-order valence-corrected chi connectivity index (χ4v) is 8.57. The summed E-state index contributed by atoms with van der Waals surface area (Å²) in [4.78, 5) is 20.3. The highest BCUT2D eigenvalue weighted by Crippen LogP contribution is 2.50. The van der Waals surface area contributed by atoms with E-state index in [-0.39, 0.29) is 0 Å². The summed E-state index contributed by atoms with van der Waals surface area (Å²) in [7, 11) is 0. The van der Waals surface area contributed by atoms with Crippen molar-refractivity contribution in [1.82, 2.24) is 24.5 Å². The molecule has 0 fully saturated rings. The maximum atomic E-state index is 5.38. The lowest BCUT2D eigenvalue weighted by Crippen LogP contribution is -1.97. The van der Waals surface area contributed by atoms with Crippen LogP contribution in [-0.4, -0.2) is 24.5 Å². The smallest absolute Gasteiger partial charge is 0.145 e. The van der Waals surface area contributed by atoms with Gasteiger partial charge in [-0.2, -0.15) is 0 Å². The van der Waals surface area contributed by atoms with E-state index in [1.54, 1.807) is 0 Å². The van der Waals surface area contributed by atoms with Gasteiger partial charge in [0.2, 0.25) is 0 Å². The second-order valence-electron chi connectivity index (χ2n) is 12.7. The van der Waals surface area contributed by atoms with E-state index in [1.165, 1.54) is 9.58 Å². The molecule has 6 heteroatoms. The van der Waals surface area contributed by atoms with Crippen LogP contribution in [0.5, 0.6) is 0 Å². The first kappa shape index (κ1) is 30.1. The van der Waals surface area contributed by atoms with Gasteiger partial charge in [-0.25, -0.2) is 9.97 Å². The maximum absolute atomic E-state index is 5.38. The van der Waals surface area contributed by atoms with Crippen LogP contribution in [-0.2, 0) is 0 Å². The van der Waals surface area contributed by atoms with Gasteiger partial charge in [0.15, 0.2) is 0 Å². The number of imidazole rings is 1. The Bertz CT molecular complexity index is 2880. The average Bonchev–Trinajstić information content (AvgIpc) is 3.82. The summed E-state index contributed by atoms with van der Waals surface area (Å²) in [6.07, 6.45) is 7.45. The molecule has 0 unspecified atom stereocenters. The molecule has 5 aromatic carbocycles. The van der Waals surface area contributed by atoms with E-state index in [1.807, 2.05) is 48.3 Å². The largest absolute Gasteiger partial charge is 0.292 e. The molecule has 5 nitrogen and oxygen atoms in total. The van der Waals surface area contributed by atoms with Crippen molar-refractivity contribution >= 4 is 43.4 Å². The van der Waals surface area contributed by atoms with Crippen molar-refractivity contribution < 1.29 is 0 Å². The summed E-state index contributed by atoms with van der Waals surface area (Å²) < 4.78 is 3.46. The Morgan fingerprint density at radius 3 is 1.90 bits per heavy atom. The van der Waals surface area contributed by atoms with E-state index >= 15 is 0 Å². The molecule has 0 atom stereocenters. The SMILES string of the molecule is c1ccc(-n2c(-c3ccc(-c4cccc(-c5nc6ccccc6c6sc(-c7ccncc7)c(-c7ccncc7)c56)c4)cc3)nc3ccccc32)cc1. The highest BCUT2D eigenvalue weighted by Gasteiger charge is 2.23. The Kier molecular flexibility index (Phi) is 7.25. The van der Waals surface area contributed by atoms with E-state index in [2.05, 4.69) is 154 Å². The van der Waals surface area contributed by atoms with Crippen LogP contribution < -0.4 is 0 Å². The fraction of sp³-hybridized carbons (Fsp3) is 0. The number of aromatic nitrogens is 5. The quantitative estimate of drug-likeness (QED) is 0.175. The first-order valence-electron chi connectivity index (χ1n) is 17.2. The molecule has 0 aliphatic carbocycles. The normalized spacial score (nSPS) is 11.5. The first-order chi connectivity index (χ1) is 25.8. The number of fused-ring (bicyclic) bond motifs is 4. The van der Waals surface area contributed by atoms with Crippen molar-refractivity contribution in [2.75, 3.05) is 0 Å². The fourth-order valence-electron chi connectivity index (χ4n) is 7.21. The van der Waals surface area contributed by atoms with E-state index < -0.39 is 0 Å². The van der Waals surface area contributed by atoms with Gasteiger partial charge in [0.05, 0.1) is 22.2 Å². The molecule has 0 amide bonds. The monoisotopic (exact) mass is 683 g/mol. The zero-order valence-electron chi connectivity index (χ0n) is 27.9. The van der Waals surface area contributed by atoms with E-state index in [0.29, 0.717) is 0 Å². The van der Waals surface area contributed by atoms with Crippen LogP contribution in [0, 0.1) is 0 Å². The topological polar surface area (TPSA) is 56.5 Å². The summed E-state index contributed by atoms with van der Waals surface area (Å²) in [5, 5.41) is 2.30. The third-order valence-corrected chi connectivity index (χ3v) is 10.9. The Hall–Kier alpha value is -6.76. The number of benzene rings is 5. The van der Waals surface area contributed by atoms with Crippen LogP contribution in [0.3, 0.4) is 0 Å². The third kappa shape index (κ3) is 5.08. The predicted molar refractivity (Wildman–Crippen MR) is 215 cm³/mol. The summed E-state index contributed by atoms with van der Waals surface area (Å²) >= 11 is 1.81. The van der Waals surface area contributed by atoms with E-state index in [9.17, 15) is 0 Å². The molecule has 0 bridgehead atoms. The zero-order chi connectivity index (χ0) is 34.4. The minimum atomic E-state index is 0.918. The van der Waals surface area contributed by atoms with Crippen LogP contribution in [0.25, 0.3) is 93.0 Å². The Labute approximate surface area is 304 Å². The van der Waals surface area contributed by atoms with Crippen molar-refractivity contribution in [2.24, 2.45) is 0 Å². The standard InChI is InChI=1S/C46H29N5S/c1-2-11-36(12-3-1)51-40-16-7-6-15-39(40)50-46(51)33-19-17-30(18-20-33)34-9-8-10-35(29-34)43-42-41(31-21-25-47-26-22-31)44(32-23-27-48-28-24-32)52-45(42)37-13-4-5-14-38(37)49-43/h1-29H. The van der Waals surface area contributed by atoms with Crippen LogP contribution in [0.4, 0.5) is 0 Å². The summed E-state index contributed by atoms with van der Waals surface area (Å²) in [6, 6.07) is 53.1. The number of para-hydroxylation sites is 4. The molecule has 5 heterocycles. The molecule has 52 heavy (non-hydrogen) atoms. The van der Waals surface area contributed by atoms with Gasteiger partial charge in [-0.05, 0) is 82.9 Å². The van der Waals surface area contributed by atoms with Gasteiger partial charge in [-0.1, -0.05) is 91.0 Å². The second kappa shape index (κ2) is 12.5. The first-order valence-corrected chi connectivity index (χ1v) is 18.0. The summed E-state index contributed by atoms with van der Waals surface area (Å²) in [6.45, 7) is 0. The number of hydrogen-bond acceptors (Lipinski definition) is 5. The Morgan fingerprint density at radius 2 is 1.12 bits per heavy atom. The molecule has 10 aromatic rings. The zero-order valence-corrected chi connectivity index (χ0v) is 28.7. The van der Waals surface area contributed by atoms with Crippen molar-refractivity contribution in [2.45, 2.75) is 0 Å². The van der Waals surface area contributed by atoms with Crippen LogP contribution in [0.1, 0.15) is 0 Å². The maximum Gasteiger partial charge on any atom is 0.145 e. The Balaban J connectivity index is 1.13. The molecule has 0 spiro atoms. The molecule has 0 aliphatic heterocycles. The van der Waals surface area contributed by atoms with E-state index in [4.69, 9.17) is 9.97 Å². The lowest BCUT2D eigenvalue weighted by Gasteiger charge is -2.12. The molecule has 0 N–H and O–H groups in total. The number of nitrogens with zero attached hydrogens (tertiary/aromatic N) is 5. The van der Waals surface area contributed by atoms with Gasteiger partial charge in [0.25, 0.3) is 0 Å². The van der Waals surface area contributed by atoms with Crippen molar-refractivity contribution in [3.05, 3.63) is 176 Å². The lowest BCUT2D eigenvalue weighted by atomic mass is 9.94. The molecule has 0 saturated heterocycles. The van der Waals surface area contributed by atoms with Crippen molar-refractivity contribution in [1.29, 1.82) is 0 Å². The van der Waals surface area contributed by atoms with Gasteiger partial charge in [-0.15, -0.1) is 11.3 Å². The van der Waals surface area contributed by atoms with Gasteiger partial charge in [0.1, 0.15) is 5.82 Å². The molecular formula is C46H29N5S. The molecular weight excluding hydrogens is 655 g/mol. The predicted octanol–water partition coefficient (Wildman–Crippen LogP) is 11.9. The van der Waals surface area contributed by atoms with Gasteiger partial charge >= 0.3 is 0 Å². The van der Waals surface area contributed by atoms with Crippen molar-refractivity contribution in [3.63, 3.8) is 0 Å². The minimum Gasteiger partial charge on any atom is -0.292 e. The number of thiophene rings is 1. The number of pyridine rings is 3. The molecule has 0 radical (unpaired) electrons. The van der Waals surface area contributed by atoms with Crippen LogP contribution in [0.15, 0.2) is 176 Å².